The van der Waals surface area contributed by atoms with Crippen LogP contribution in [0.25, 0.3) is 11.1 Å². The summed E-state index contributed by atoms with van der Waals surface area (Å²) in [6, 6.07) is 10.6. The summed E-state index contributed by atoms with van der Waals surface area (Å²) in [7, 11) is 3.46. The van der Waals surface area contributed by atoms with E-state index in [1.54, 1.807) is 14.2 Å². The number of ether oxygens (including phenoxy) is 2. The van der Waals surface area contributed by atoms with Crippen LogP contribution in [0.2, 0.25) is 0 Å². The van der Waals surface area contributed by atoms with Gasteiger partial charge in [-0.2, -0.15) is 0 Å². The molecule has 0 saturated carbocycles. The van der Waals surface area contributed by atoms with E-state index in [1.165, 1.54) is 33.5 Å². The predicted molar refractivity (Wildman–Crippen MR) is 106 cm³/mol. The summed E-state index contributed by atoms with van der Waals surface area (Å²) in [6.07, 6.45) is 0. The Morgan fingerprint density at radius 1 is 0.880 bits per heavy atom. The van der Waals surface area contributed by atoms with E-state index in [0.717, 1.165) is 18.8 Å². The van der Waals surface area contributed by atoms with Crippen molar-refractivity contribution in [3.8, 4) is 11.1 Å². The predicted octanol–water partition coefficient (Wildman–Crippen LogP) is 3.96. The molecule has 0 heterocycles. The molecule has 2 aromatic rings. The van der Waals surface area contributed by atoms with E-state index in [4.69, 9.17) is 15.2 Å². The van der Waals surface area contributed by atoms with Crippen LogP contribution in [0.15, 0.2) is 30.3 Å². The summed E-state index contributed by atoms with van der Waals surface area (Å²) in [5, 5.41) is 0. The lowest BCUT2D eigenvalue weighted by Gasteiger charge is -2.28. The average Bonchev–Trinajstić information content (AvgIpc) is 2.55. The third-order valence-corrected chi connectivity index (χ3v) is 4.44. The number of methoxy groups -OCH3 is 2. The molecule has 4 nitrogen and oxygen atoms in total. The molecular weight excluding hydrogens is 312 g/mol. The van der Waals surface area contributed by atoms with Crippen LogP contribution < -0.4 is 10.6 Å². The fraction of sp³-hybridized carbons (Fsp3) is 0.429. The topological polar surface area (TPSA) is 47.7 Å². The van der Waals surface area contributed by atoms with Crippen LogP contribution in [0.3, 0.4) is 0 Å². The van der Waals surface area contributed by atoms with Crippen molar-refractivity contribution in [2.45, 2.75) is 20.8 Å². The molecule has 0 fully saturated rings. The molecule has 4 heteroatoms. The van der Waals surface area contributed by atoms with E-state index in [0.29, 0.717) is 13.2 Å². The van der Waals surface area contributed by atoms with Crippen LogP contribution in [-0.4, -0.2) is 40.5 Å². The Kier molecular flexibility index (Phi) is 6.85. The lowest BCUT2D eigenvalue weighted by molar-refractivity contribution is 0.190. The fourth-order valence-electron chi connectivity index (χ4n) is 3.39. The lowest BCUT2D eigenvalue weighted by Crippen LogP contribution is -2.31. The second kappa shape index (κ2) is 8.88. The first-order valence-electron chi connectivity index (χ1n) is 8.68. The Bertz CT molecular complexity index is 682. The van der Waals surface area contributed by atoms with Gasteiger partial charge in [-0.05, 0) is 55.7 Å². The van der Waals surface area contributed by atoms with Gasteiger partial charge in [-0.15, -0.1) is 0 Å². The van der Waals surface area contributed by atoms with Crippen LogP contribution in [0.4, 0.5) is 11.4 Å². The molecule has 25 heavy (non-hydrogen) atoms. The average molecular weight is 342 g/mol. The van der Waals surface area contributed by atoms with E-state index in [2.05, 4.69) is 49.9 Å². The minimum absolute atomic E-state index is 0.666. The number of rotatable bonds is 8. The summed E-state index contributed by atoms with van der Waals surface area (Å²) >= 11 is 0. The molecule has 136 valence electrons. The lowest BCUT2D eigenvalue weighted by atomic mass is 9.92. The maximum absolute atomic E-state index is 6.13. The summed E-state index contributed by atoms with van der Waals surface area (Å²) < 4.78 is 10.6. The largest absolute Gasteiger partial charge is 0.399 e. The van der Waals surface area contributed by atoms with Crippen LogP contribution >= 0.6 is 0 Å². The number of benzene rings is 2. The first kappa shape index (κ1) is 19.3. The van der Waals surface area contributed by atoms with Crippen molar-refractivity contribution in [3.05, 3.63) is 47.0 Å². The highest BCUT2D eigenvalue weighted by Crippen LogP contribution is 2.37. The van der Waals surface area contributed by atoms with Crippen molar-refractivity contribution in [1.82, 2.24) is 0 Å². The molecule has 0 saturated heterocycles. The molecule has 0 amide bonds. The highest BCUT2D eigenvalue weighted by molar-refractivity contribution is 5.85. The standard InChI is InChI=1S/C21H30N2O2/c1-15-12-16(2)21(17(3)13-15)19-14-18(22)6-7-20(19)23(8-10-24-4)9-11-25-5/h6-7,12-14H,8-11,22H2,1-5H3. The number of anilines is 2. The third-order valence-electron chi connectivity index (χ3n) is 4.44. The number of hydrogen-bond acceptors (Lipinski definition) is 4. The highest BCUT2D eigenvalue weighted by Gasteiger charge is 2.16. The molecule has 0 bridgehead atoms. The maximum atomic E-state index is 6.13. The van der Waals surface area contributed by atoms with Gasteiger partial charge in [0, 0.05) is 44.2 Å². The molecule has 2 aromatic carbocycles. The van der Waals surface area contributed by atoms with Gasteiger partial charge in [0.1, 0.15) is 0 Å². The second-order valence-electron chi connectivity index (χ2n) is 6.52. The highest BCUT2D eigenvalue weighted by atomic mass is 16.5. The van der Waals surface area contributed by atoms with Crippen LogP contribution in [0, 0.1) is 20.8 Å². The Morgan fingerprint density at radius 2 is 1.44 bits per heavy atom. The summed E-state index contributed by atoms with van der Waals surface area (Å²) in [4.78, 5) is 2.31. The number of aryl methyl sites for hydroxylation is 3. The number of nitrogens with two attached hydrogens (primary N) is 1. The molecule has 0 aliphatic rings. The quantitative estimate of drug-likeness (QED) is 0.738. The van der Waals surface area contributed by atoms with Gasteiger partial charge in [-0.25, -0.2) is 0 Å². The van der Waals surface area contributed by atoms with E-state index < -0.39 is 0 Å². The maximum Gasteiger partial charge on any atom is 0.0637 e. The Balaban J connectivity index is 2.56. The van der Waals surface area contributed by atoms with Crippen molar-refractivity contribution in [1.29, 1.82) is 0 Å². The van der Waals surface area contributed by atoms with Crippen LogP contribution in [0.5, 0.6) is 0 Å². The van der Waals surface area contributed by atoms with Crippen LogP contribution in [-0.2, 0) is 9.47 Å². The molecule has 0 aliphatic heterocycles. The number of nitrogen functional groups attached to an aromatic ring is 1. The Labute approximate surface area is 151 Å². The smallest absolute Gasteiger partial charge is 0.0637 e. The monoisotopic (exact) mass is 342 g/mol. The van der Waals surface area contributed by atoms with Crippen LogP contribution in [0.1, 0.15) is 16.7 Å². The van der Waals surface area contributed by atoms with Crippen molar-refractivity contribution in [2.24, 2.45) is 0 Å². The minimum Gasteiger partial charge on any atom is -0.399 e. The first-order chi connectivity index (χ1) is 12.0. The van der Waals surface area contributed by atoms with Crippen molar-refractivity contribution in [3.63, 3.8) is 0 Å². The van der Waals surface area contributed by atoms with Gasteiger partial charge < -0.3 is 20.1 Å². The van der Waals surface area contributed by atoms with Gasteiger partial charge >= 0.3 is 0 Å². The molecule has 0 aromatic heterocycles. The zero-order chi connectivity index (χ0) is 18.4. The van der Waals surface area contributed by atoms with E-state index in [9.17, 15) is 0 Å². The van der Waals surface area contributed by atoms with Crippen molar-refractivity contribution >= 4 is 11.4 Å². The van der Waals surface area contributed by atoms with Gasteiger partial charge in [0.2, 0.25) is 0 Å². The summed E-state index contributed by atoms with van der Waals surface area (Å²) in [5.74, 6) is 0. The molecule has 0 unspecified atom stereocenters. The SMILES string of the molecule is COCCN(CCOC)c1ccc(N)cc1-c1c(C)cc(C)cc1C. The molecular formula is C21H30N2O2. The van der Waals surface area contributed by atoms with Crippen molar-refractivity contribution in [2.75, 3.05) is 51.2 Å². The van der Waals surface area contributed by atoms with E-state index in [-0.39, 0.29) is 0 Å². The Morgan fingerprint density at radius 3 is 1.96 bits per heavy atom. The summed E-state index contributed by atoms with van der Waals surface area (Å²) in [5.41, 5.74) is 14.3. The first-order valence-corrected chi connectivity index (χ1v) is 8.68. The third kappa shape index (κ3) is 4.74. The number of hydrogen-bond donors (Lipinski definition) is 1. The van der Waals surface area contributed by atoms with E-state index in [1.807, 2.05) is 6.07 Å². The Hall–Kier alpha value is -2.04. The molecule has 2 rings (SSSR count). The fourth-order valence-corrected chi connectivity index (χ4v) is 3.39. The molecule has 0 aliphatic carbocycles. The molecule has 0 radical (unpaired) electrons. The van der Waals surface area contributed by atoms with Gasteiger partial charge in [-0.3, -0.25) is 0 Å². The van der Waals surface area contributed by atoms with E-state index >= 15 is 0 Å². The summed E-state index contributed by atoms with van der Waals surface area (Å²) in [6.45, 7) is 9.40. The van der Waals surface area contributed by atoms with Gasteiger partial charge in [0.15, 0.2) is 0 Å². The van der Waals surface area contributed by atoms with Gasteiger partial charge in [0.05, 0.1) is 13.2 Å². The molecule has 0 spiro atoms. The minimum atomic E-state index is 0.666. The zero-order valence-corrected chi connectivity index (χ0v) is 16.1. The van der Waals surface area contributed by atoms with Gasteiger partial charge in [-0.1, -0.05) is 17.7 Å². The molecule has 0 atom stereocenters. The molecule has 2 N–H and O–H groups in total. The second-order valence-corrected chi connectivity index (χ2v) is 6.52. The number of nitrogens with zero attached hydrogens (tertiary/aromatic N) is 1. The van der Waals surface area contributed by atoms with Gasteiger partial charge in [0.25, 0.3) is 0 Å². The normalized spacial score (nSPS) is 10.9. The van der Waals surface area contributed by atoms with Crippen molar-refractivity contribution < 1.29 is 9.47 Å². The zero-order valence-electron chi connectivity index (χ0n) is 16.1.